The standard InChI is InChI=1S/C15H21N3O3/c1-3-11-7-4-5-10-17(11)15(19)12-8-6-9-13(18(20)21)14(12)16-2/h6,8-9,11,16H,3-5,7,10H2,1-2H3. The van der Waals surface area contributed by atoms with E-state index in [0.29, 0.717) is 11.3 Å². The summed E-state index contributed by atoms with van der Waals surface area (Å²) in [5.74, 6) is -0.116. The normalized spacial score (nSPS) is 18.4. The number of nitro groups is 1. The summed E-state index contributed by atoms with van der Waals surface area (Å²) in [6.45, 7) is 2.80. The second kappa shape index (κ2) is 6.56. The lowest BCUT2D eigenvalue weighted by Crippen LogP contribution is -2.43. The first-order valence-electron chi connectivity index (χ1n) is 7.36. The third-order valence-corrected chi connectivity index (χ3v) is 4.08. The van der Waals surface area contributed by atoms with Crippen LogP contribution in [0.2, 0.25) is 0 Å². The van der Waals surface area contributed by atoms with Gasteiger partial charge < -0.3 is 10.2 Å². The van der Waals surface area contributed by atoms with Crippen LogP contribution in [0, 0.1) is 10.1 Å². The van der Waals surface area contributed by atoms with Gasteiger partial charge in [0.05, 0.1) is 10.5 Å². The quantitative estimate of drug-likeness (QED) is 0.683. The molecular weight excluding hydrogens is 270 g/mol. The zero-order chi connectivity index (χ0) is 15.4. The molecule has 1 heterocycles. The highest BCUT2D eigenvalue weighted by atomic mass is 16.6. The van der Waals surface area contributed by atoms with Gasteiger partial charge >= 0.3 is 0 Å². The summed E-state index contributed by atoms with van der Waals surface area (Å²) in [6, 6.07) is 4.87. The van der Waals surface area contributed by atoms with E-state index in [1.165, 1.54) is 6.07 Å². The summed E-state index contributed by atoms with van der Waals surface area (Å²) in [5, 5.41) is 13.9. The molecule has 114 valence electrons. The predicted octanol–water partition coefficient (Wildman–Crippen LogP) is 3.04. The number of carbonyl (C=O) groups is 1. The van der Waals surface area contributed by atoms with E-state index in [1.54, 1.807) is 19.2 Å². The first-order chi connectivity index (χ1) is 10.1. The van der Waals surface area contributed by atoms with Gasteiger partial charge in [-0.3, -0.25) is 14.9 Å². The van der Waals surface area contributed by atoms with Gasteiger partial charge in [-0.1, -0.05) is 13.0 Å². The van der Waals surface area contributed by atoms with Gasteiger partial charge in [0.15, 0.2) is 0 Å². The largest absolute Gasteiger partial charge is 0.382 e. The van der Waals surface area contributed by atoms with Gasteiger partial charge in [0.1, 0.15) is 5.69 Å². The van der Waals surface area contributed by atoms with E-state index in [4.69, 9.17) is 0 Å². The molecule has 1 aromatic rings. The molecule has 0 spiro atoms. The third-order valence-electron chi connectivity index (χ3n) is 4.08. The Kier molecular flexibility index (Phi) is 4.77. The lowest BCUT2D eigenvalue weighted by Gasteiger charge is -2.35. The third kappa shape index (κ3) is 2.99. The molecule has 1 N–H and O–H groups in total. The molecule has 1 amide bonds. The fraction of sp³-hybridized carbons (Fsp3) is 0.533. The van der Waals surface area contributed by atoms with Crippen molar-refractivity contribution in [2.45, 2.75) is 38.6 Å². The first kappa shape index (κ1) is 15.3. The van der Waals surface area contributed by atoms with Crippen molar-refractivity contribution >= 4 is 17.3 Å². The van der Waals surface area contributed by atoms with E-state index in [1.807, 2.05) is 4.90 Å². The average molecular weight is 291 g/mol. The molecule has 1 aliphatic heterocycles. The molecule has 21 heavy (non-hydrogen) atoms. The van der Waals surface area contributed by atoms with Crippen molar-refractivity contribution in [2.24, 2.45) is 0 Å². The summed E-state index contributed by atoms with van der Waals surface area (Å²) in [6.07, 6.45) is 4.05. The van der Waals surface area contributed by atoms with Crippen LogP contribution in [0.1, 0.15) is 43.0 Å². The monoisotopic (exact) mass is 291 g/mol. The van der Waals surface area contributed by atoms with Gasteiger partial charge in [-0.2, -0.15) is 0 Å². The van der Waals surface area contributed by atoms with Gasteiger partial charge in [-0.15, -0.1) is 0 Å². The van der Waals surface area contributed by atoms with E-state index in [9.17, 15) is 14.9 Å². The highest BCUT2D eigenvalue weighted by Crippen LogP contribution is 2.30. The Morgan fingerprint density at radius 2 is 2.24 bits per heavy atom. The van der Waals surface area contributed by atoms with Crippen molar-refractivity contribution < 1.29 is 9.72 Å². The molecule has 1 unspecified atom stereocenters. The maximum Gasteiger partial charge on any atom is 0.293 e. The summed E-state index contributed by atoms with van der Waals surface area (Å²) in [7, 11) is 1.60. The second-order valence-corrected chi connectivity index (χ2v) is 5.26. The van der Waals surface area contributed by atoms with Crippen molar-refractivity contribution in [1.29, 1.82) is 0 Å². The summed E-state index contributed by atoms with van der Waals surface area (Å²) < 4.78 is 0. The van der Waals surface area contributed by atoms with Crippen LogP contribution >= 0.6 is 0 Å². The molecule has 1 fully saturated rings. The van der Waals surface area contributed by atoms with Crippen molar-refractivity contribution in [3.05, 3.63) is 33.9 Å². The summed E-state index contributed by atoms with van der Waals surface area (Å²) in [5.41, 5.74) is 0.619. The molecule has 0 aromatic heterocycles. The molecule has 6 nitrogen and oxygen atoms in total. The molecule has 1 atom stereocenters. The number of nitro benzene ring substituents is 1. The minimum absolute atomic E-state index is 0.0617. The van der Waals surface area contributed by atoms with Crippen molar-refractivity contribution in [2.75, 3.05) is 18.9 Å². The Bertz CT molecular complexity index is 545. The molecule has 1 aliphatic rings. The second-order valence-electron chi connectivity index (χ2n) is 5.26. The Labute approximate surface area is 124 Å². The van der Waals surface area contributed by atoms with Crippen LogP contribution in [0.4, 0.5) is 11.4 Å². The molecule has 2 rings (SSSR count). The number of piperidine rings is 1. The minimum atomic E-state index is -0.462. The SMILES string of the molecule is CCC1CCCCN1C(=O)c1cccc([N+](=O)[O-])c1NC. The van der Waals surface area contributed by atoms with Crippen molar-refractivity contribution in [3.8, 4) is 0 Å². The Morgan fingerprint density at radius 1 is 1.48 bits per heavy atom. The van der Waals surface area contributed by atoms with Crippen LogP contribution in [0.15, 0.2) is 18.2 Å². The van der Waals surface area contributed by atoms with Gasteiger partial charge in [-0.05, 0) is 31.7 Å². The zero-order valence-corrected chi connectivity index (χ0v) is 12.5. The number of amides is 1. The Hall–Kier alpha value is -2.11. The van der Waals surface area contributed by atoms with E-state index in [0.717, 1.165) is 32.2 Å². The minimum Gasteiger partial charge on any atom is -0.382 e. The number of likely N-dealkylation sites (tertiary alicyclic amines) is 1. The zero-order valence-electron chi connectivity index (χ0n) is 12.5. The maximum absolute atomic E-state index is 12.8. The predicted molar refractivity (Wildman–Crippen MR) is 81.6 cm³/mol. The van der Waals surface area contributed by atoms with Crippen LogP contribution in [0.3, 0.4) is 0 Å². The number of hydrogen-bond donors (Lipinski definition) is 1. The molecule has 6 heteroatoms. The highest BCUT2D eigenvalue weighted by Gasteiger charge is 2.29. The lowest BCUT2D eigenvalue weighted by atomic mass is 9.98. The summed E-state index contributed by atoms with van der Waals surface area (Å²) >= 11 is 0. The molecule has 0 bridgehead atoms. The van der Waals surface area contributed by atoms with E-state index in [2.05, 4.69) is 12.2 Å². The number of benzene rings is 1. The van der Waals surface area contributed by atoms with E-state index in [-0.39, 0.29) is 17.6 Å². The van der Waals surface area contributed by atoms with Crippen LogP contribution < -0.4 is 5.32 Å². The molecule has 1 saturated heterocycles. The van der Waals surface area contributed by atoms with Gasteiger partial charge in [0, 0.05) is 25.7 Å². The van der Waals surface area contributed by atoms with Gasteiger partial charge in [0.2, 0.25) is 0 Å². The summed E-state index contributed by atoms with van der Waals surface area (Å²) in [4.78, 5) is 25.3. The van der Waals surface area contributed by atoms with Crippen LogP contribution in [0.5, 0.6) is 0 Å². The lowest BCUT2D eigenvalue weighted by molar-refractivity contribution is -0.384. The fourth-order valence-corrected chi connectivity index (χ4v) is 2.98. The number of carbonyl (C=O) groups excluding carboxylic acids is 1. The number of anilines is 1. The number of rotatable bonds is 4. The molecule has 1 aromatic carbocycles. The van der Waals surface area contributed by atoms with Crippen LogP contribution in [-0.2, 0) is 0 Å². The number of nitrogens with zero attached hydrogens (tertiary/aromatic N) is 2. The van der Waals surface area contributed by atoms with Gasteiger partial charge in [0.25, 0.3) is 11.6 Å². The molecule has 0 saturated carbocycles. The Morgan fingerprint density at radius 3 is 2.86 bits per heavy atom. The van der Waals surface area contributed by atoms with Crippen LogP contribution in [-0.4, -0.2) is 35.4 Å². The average Bonchev–Trinajstić information content (AvgIpc) is 2.53. The van der Waals surface area contributed by atoms with Crippen molar-refractivity contribution in [3.63, 3.8) is 0 Å². The topological polar surface area (TPSA) is 75.5 Å². The number of para-hydroxylation sites is 1. The van der Waals surface area contributed by atoms with E-state index < -0.39 is 4.92 Å². The number of hydrogen-bond acceptors (Lipinski definition) is 4. The fourth-order valence-electron chi connectivity index (χ4n) is 2.98. The van der Waals surface area contributed by atoms with E-state index >= 15 is 0 Å². The smallest absolute Gasteiger partial charge is 0.293 e. The molecule has 0 aliphatic carbocycles. The molecule has 0 radical (unpaired) electrons. The van der Waals surface area contributed by atoms with Crippen molar-refractivity contribution in [1.82, 2.24) is 4.90 Å². The number of nitrogens with one attached hydrogen (secondary N) is 1. The molecular formula is C15H21N3O3. The highest BCUT2D eigenvalue weighted by molar-refractivity contribution is 6.01. The maximum atomic E-state index is 12.8. The Balaban J connectivity index is 2.38. The van der Waals surface area contributed by atoms with Gasteiger partial charge in [-0.25, -0.2) is 0 Å². The van der Waals surface area contributed by atoms with Crippen LogP contribution in [0.25, 0.3) is 0 Å². The first-order valence-corrected chi connectivity index (χ1v) is 7.36.